The van der Waals surface area contributed by atoms with Crippen LogP contribution in [0.25, 0.3) is 0 Å². The van der Waals surface area contributed by atoms with Crippen LogP contribution in [-0.4, -0.2) is 97.6 Å². The number of carbonyl (C=O) groups is 6. The molecule has 0 bridgehead atoms. The molecule has 6 amide bonds. The van der Waals surface area contributed by atoms with Crippen LogP contribution in [0.1, 0.15) is 47.9 Å². The molecule has 2 saturated heterocycles. The minimum atomic E-state index is -0.860. The maximum atomic E-state index is 14.3. The molecular weight excluding hydrogens is 881 g/mol. The van der Waals surface area contributed by atoms with Crippen molar-refractivity contribution in [1.29, 1.82) is 0 Å². The van der Waals surface area contributed by atoms with Crippen LogP contribution in [0.4, 0.5) is 17.6 Å². The first kappa shape index (κ1) is 49.3. The lowest BCUT2D eigenvalue weighted by Gasteiger charge is -2.32. The lowest BCUT2D eigenvalue weighted by atomic mass is 9.80. The molecule has 4 aromatic carbocycles. The molecule has 3 aliphatic rings. The van der Waals surface area contributed by atoms with Crippen molar-refractivity contribution in [3.63, 3.8) is 0 Å². The van der Waals surface area contributed by atoms with E-state index in [-0.39, 0.29) is 93.9 Å². The summed E-state index contributed by atoms with van der Waals surface area (Å²) >= 11 is 0. The Kier molecular flexibility index (Phi) is 17.0. The molecule has 360 valence electrons. The average Bonchev–Trinajstić information content (AvgIpc) is 4.01. The molecule has 7 rings (SSSR count). The topological polar surface area (TPSA) is 157 Å². The van der Waals surface area contributed by atoms with Gasteiger partial charge in [0.25, 0.3) is 0 Å². The molecule has 6 atom stereocenters. The van der Waals surface area contributed by atoms with E-state index in [0.717, 1.165) is 22.3 Å². The van der Waals surface area contributed by atoms with Crippen LogP contribution in [0.2, 0.25) is 0 Å². The molecule has 1 aliphatic carbocycles. The Hall–Kier alpha value is -6.58. The third-order valence-electron chi connectivity index (χ3n) is 13.5. The van der Waals surface area contributed by atoms with Gasteiger partial charge in [0.05, 0.1) is 23.7 Å². The normalized spacial score (nSPS) is 21.2. The van der Waals surface area contributed by atoms with E-state index in [1.165, 1.54) is 48.5 Å². The molecule has 2 aliphatic heterocycles. The van der Waals surface area contributed by atoms with Crippen LogP contribution < -0.4 is 21.3 Å². The van der Waals surface area contributed by atoms with Gasteiger partial charge >= 0.3 is 0 Å². The number of benzene rings is 4. The van der Waals surface area contributed by atoms with Crippen LogP contribution in [0.15, 0.2) is 97.1 Å². The molecule has 16 heteroatoms. The summed E-state index contributed by atoms with van der Waals surface area (Å²) in [7, 11) is 0. The molecule has 0 aromatic heterocycles. The average molecular weight is 939 g/mol. The van der Waals surface area contributed by atoms with Crippen molar-refractivity contribution >= 4 is 35.4 Å². The van der Waals surface area contributed by atoms with E-state index in [1.54, 1.807) is 58.3 Å². The molecular formula is C52H58F4N6O6. The third kappa shape index (κ3) is 13.3. The number of amides is 6. The molecule has 1 saturated carbocycles. The van der Waals surface area contributed by atoms with Crippen molar-refractivity contribution in [3.05, 3.63) is 143 Å². The number of likely N-dealkylation sites (tertiary alicyclic amines) is 2. The zero-order valence-electron chi connectivity index (χ0n) is 37.9. The van der Waals surface area contributed by atoms with Gasteiger partial charge in [-0.05, 0) is 116 Å². The molecule has 0 radical (unpaired) electrons. The highest BCUT2D eigenvalue weighted by atomic mass is 19.1. The predicted octanol–water partition coefficient (Wildman–Crippen LogP) is 4.93. The van der Waals surface area contributed by atoms with Crippen molar-refractivity contribution < 1.29 is 46.3 Å². The number of hydrogen-bond acceptors (Lipinski definition) is 6. The van der Waals surface area contributed by atoms with Gasteiger partial charge in [-0.3, -0.25) is 28.8 Å². The second-order valence-corrected chi connectivity index (χ2v) is 18.1. The van der Waals surface area contributed by atoms with Crippen LogP contribution in [-0.2, 0) is 54.5 Å². The molecule has 4 N–H and O–H groups in total. The van der Waals surface area contributed by atoms with Crippen LogP contribution >= 0.6 is 0 Å². The summed E-state index contributed by atoms with van der Waals surface area (Å²) in [5.41, 5.74) is 3.26. The predicted molar refractivity (Wildman–Crippen MR) is 245 cm³/mol. The standard InChI is InChI=1S/C52H58F4N6O6/c53-39-12-4-33(5-13-39)20-24-57-47(63)43-29-61(30-44(43)48(64)58-25-21-34-6-14-40(54)15-7-34)51(67)37-2-1-3-38(28-37)52(68)62-31-45(49(65)59-26-22-35-8-16-41(55)17-9-35)46(32-62)50(66)60-27-23-36-10-18-42(56)19-11-36/h4-19,37-38,43-46H,1-3,20-32H2,(H,57,63)(H,58,64)(H,59,65)(H,60,66)/t37-,38?,43-,44-,45-,46-/m1/s1. The Labute approximate surface area is 393 Å². The van der Waals surface area contributed by atoms with E-state index >= 15 is 0 Å². The lowest BCUT2D eigenvalue weighted by Crippen LogP contribution is -2.42. The summed E-state index contributed by atoms with van der Waals surface area (Å²) in [4.78, 5) is 86.7. The molecule has 1 unspecified atom stereocenters. The Morgan fingerprint density at radius 1 is 0.397 bits per heavy atom. The molecule has 2 heterocycles. The second-order valence-electron chi connectivity index (χ2n) is 18.1. The highest BCUT2D eigenvalue weighted by molar-refractivity contribution is 5.92. The van der Waals surface area contributed by atoms with Gasteiger partial charge in [-0.1, -0.05) is 55.0 Å². The Balaban J connectivity index is 0.982. The highest BCUT2D eigenvalue weighted by Gasteiger charge is 2.48. The van der Waals surface area contributed by atoms with Gasteiger partial charge in [-0.15, -0.1) is 0 Å². The maximum Gasteiger partial charge on any atom is 0.225 e. The molecule has 12 nitrogen and oxygen atoms in total. The Bertz CT molecular complexity index is 2080. The first-order chi connectivity index (χ1) is 32.8. The van der Waals surface area contributed by atoms with Gasteiger partial charge in [-0.25, -0.2) is 17.6 Å². The monoisotopic (exact) mass is 938 g/mol. The minimum absolute atomic E-state index is 0.00555. The maximum absolute atomic E-state index is 14.3. The zero-order valence-corrected chi connectivity index (χ0v) is 37.9. The first-order valence-electron chi connectivity index (χ1n) is 23.5. The van der Waals surface area contributed by atoms with Crippen molar-refractivity contribution in [2.24, 2.45) is 35.5 Å². The minimum Gasteiger partial charge on any atom is -0.355 e. The molecule has 68 heavy (non-hydrogen) atoms. The summed E-state index contributed by atoms with van der Waals surface area (Å²) in [5.74, 6) is -8.16. The highest BCUT2D eigenvalue weighted by Crippen LogP contribution is 2.36. The fourth-order valence-electron chi connectivity index (χ4n) is 9.63. The zero-order chi connectivity index (χ0) is 48.2. The Morgan fingerprint density at radius 2 is 0.632 bits per heavy atom. The fourth-order valence-corrected chi connectivity index (χ4v) is 9.63. The lowest BCUT2D eigenvalue weighted by molar-refractivity contribution is -0.140. The molecule has 4 aromatic rings. The van der Waals surface area contributed by atoms with Gasteiger partial charge in [0.1, 0.15) is 23.3 Å². The summed E-state index contributed by atoms with van der Waals surface area (Å²) in [6.07, 6.45) is 3.49. The second kappa shape index (κ2) is 23.4. The smallest absolute Gasteiger partial charge is 0.225 e. The SMILES string of the molecule is O=C(NCCc1ccc(F)cc1)[C@@H]1CN(C(=O)C2CCC[C@@H](C(=O)N3C[C@@H](C(=O)NCCc4ccc(F)cc4)[C@H](C(=O)NCCc4ccc(F)cc4)C3)C2)C[C@H]1C(=O)NCCc1ccc(F)cc1. The van der Waals surface area contributed by atoms with Crippen molar-refractivity contribution in [2.45, 2.75) is 51.4 Å². The largest absolute Gasteiger partial charge is 0.355 e. The van der Waals surface area contributed by atoms with Crippen LogP contribution in [0.3, 0.4) is 0 Å². The van der Waals surface area contributed by atoms with Gasteiger partial charge in [0.15, 0.2) is 0 Å². The van der Waals surface area contributed by atoms with E-state index in [9.17, 15) is 46.3 Å². The number of carbonyl (C=O) groups excluding carboxylic acids is 6. The van der Waals surface area contributed by atoms with Gasteiger partial charge in [-0.2, -0.15) is 0 Å². The quantitative estimate of drug-likeness (QED) is 0.104. The van der Waals surface area contributed by atoms with Gasteiger partial charge in [0, 0.05) is 64.2 Å². The van der Waals surface area contributed by atoms with Crippen LogP contribution in [0, 0.1) is 58.8 Å². The summed E-state index contributed by atoms with van der Waals surface area (Å²) in [6.45, 7) is 0.897. The Morgan fingerprint density at radius 3 is 0.868 bits per heavy atom. The van der Waals surface area contributed by atoms with Crippen molar-refractivity contribution in [1.82, 2.24) is 31.1 Å². The van der Waals surface area contributed by atoms with Gasteiger partial charge < -0.3 is 31.1 Å². The van der Waals surface area contributed by atoms with E-state index in [2.05, 4.69) is 21.3 Å². The number of halogens is 4. The van der Waals surface area contributed by atoms with Gasteiger partial charge in [0.2, 0.25) is 35.4 Å². The third-order valence-corrected chi connectivity index (χ3v) is 13.5. The fraction of sp³-hybridized carbons (Fsp3) is 0.423. The molecule has 0 spiro atoms. The number of nitrogens with zero attached hydrogens (tertiary/aromatic N) is 2. The summed E-state index contributed by atoms with van der Waals surface area (Å²) < 4.78 is 53.9. The molecule has 3 fully saturated rings. The number of hydrogen-bond donors (Lipinski definition) is 4. The number of rotatable bonds is 18. The van der Waals surface area contributed by atoms with E-state index in [0.29, 0.717) is 44.9 Å². The van der Waals surface area contributed by atoms with Crippen LogP contribution in [0.5, 0.6) is 0 Å². The first-order valence-corrected chi connectivity index (χ1v) is 23.5. The van der Waals surface area contributed by atoms with E-state index in [4.69, 9.17) is 0 Å². The van der Waals surface area contributed by atoms with E-state index < -0.39 is 59.1 Å². The summed E-state index contributed by atoms with van der Waals surface area (Å²) in [5, 5.41) is 11.6. The summed E-state index contributed by atoms with van der Waals surface area (Å²) in [6, 6.07) is 23.7. The number of nitrogens with one attached hydrogen (secondary N) is 4. The van der Waals surface area contributed by atoms with Crippen molar-refractivity contribution in [3.8, 4) is 0 Å². The van der Waals surface area contributed by atoms with Crippen molar-refractivity contribution in [2.75, 3.05) is 52.4 Å². The van der Waals surface area contributed by atoms with E-state index in [1.807, 2.05) is 0 Å².